The number of nitrogens with two attached hydrogens (primary N) is 2. The Balaban J connectivity index is 1.21. The SMILES string of the molecule is Nc1nc2c(ncn2[C@@H]2OC3COP(O)(=S)O[C@@H]4C(COP(=O)([O-])O[C@@H]2[C@@H]3O)O[C@@H](n2cnc3c(N)ncnc32)[C@@H]4O)c(=O)[nH]1. The zero-order chi connectivity index (χ0) is 31.8. The van der Waals surface area contributed by atoms with Crippen LogP contribution in [0.2, 0.25) is 0 Å². The summed E-state index contributed by atoms with van der Waals surface area (Å²) in [5.74, 6) is -0.210. The van der Waals surface area contributed by atoms with Gasteiger partial charge in [-0.05, 0) is 11.8 Å². The van der Waals surface area contributed by atoms with E-state index in [9.17, 15) is 29.4 Å². The number of anilines is 2. The highest BCUT2D eigenvalue weighted by atomic mass is 32.5. The number of rotatable bonds is 2. The number of hydrogen-bond donors (Lipinski definition) is 6. The van der Waals surface area contributed by atoms with Crippen molar-refractivity contribution in [1.82, 2.24) is 39.0 Å². The second-order valence-electron chi connectivity index (χ2n) is 10.1. The minimum Gasteiger partial charge on any atom is -0.756 e. The Morgan fingerprint density at radius 3 is 2.40 bits per heavy atom. The Morgan fingerprint density at radius 2 is 1.62 bits per heavy atom. The summed E-state index contributed by atoms with van der Waals surface area (Å²) >= 11 is 5.16. The maximum Gasteiger partial charge on any atom is 0.325 e. The molecule has 3 fully saturated rings. The molecule has 7 rings (SSSR count). The van der Waals surface area contributed by atoms with Crippen molar-refractivity contribution < 1.29 is 52.1 Å². The number of hydrogen-bond acceptors (Lipinski definition) is 19. The van der Waals surface area contributed by atoms with Gasteiger partial charge in [0, 0.05) is 0 Å². The van der Waals surface area contributed by atoms with Crippen LogP contribution in [0.4, 0.5) is 11.8 Å². The van der Waals surface area contributed by atoms with Gasteiger partial charge in [-0.3, -0.25) is 28.0 Å². The van der Waals surface area contributed by atoms with Crippen molar-refractivity contribution in [2.45, 2.75) is 49.1 Å². The Morgan fingerprint density at radius 1 is 0.933 bits per heavy atom. The number of phosphoric ester groups is 1. The Labute approximate surface area is 254 Å². The van der Waals surface area contributed by atoms with E-state index in [1.54, 1.807) is 0 Å². The third kappa shape index (κ3) is 5.44. The van der Waals surface area contributed by atoms with Crippen LogP contribution in [0, 0.1) is 0 Å². The van der Waals surface area contributed by atoms with Crippen LogP contribution in [-0.4, -0.2) is 104 Å². The van der Waals surface area contributed by atoms with Crippen LogP contribution >= 0.6 is 14.5 Å². The predicted molar refractivity (Wildman–Crippen MR) is 148 cm³/mol. The van der Waals surface area contributed by atoms with E-state index in [-0.39, 0.29) is 34.1 Å². The van der Waals surface area contributed by atoms with Gasteiger partial charge in [-0.1, -0.05) is 0 Å². The lowest BCUT2D eigenvalue weighted by Crippen LogP contribution is -2.37. The standard InChI is InChI=1S/C20H24N10O12P2S/c21-14-8-15(24-3-23-14)29(4-25-8)18-11(32)12-7(40-18)2-37-43(34,35)41-13-10(31)6(1-38-44(36,45)42-12)39-19(13)30-5-26-9-16(30)27-20(22)28-17(9)33/h3-7,10-13,18-19,31-32H,1-2H2,(H,34,35)(H,36,45)(H2,21,23,24)(H3,22,27,28,33)/p-1/t6?,7?,10-,11-,12-,13-,18-,19-,44?/m1/s1. The summed E-state index contributed by atoms with van der Waals surface area (Å²) in [6, 6.07) is 0. The third-order valence-electron chi connectivity index (χ3n) is 7.31. The number of imidazole rings is 2. The molecule has 25 heteroatoms. The molecule has 4 aromatic heterocycles. The smallest absolute Gasteiger partial charge is 0.325 e. The number of nitrogens with zero attached hydrogens (tertiary/aromatic N) is 7. The van der Waals surface area contributed by atoms with Gasteiger partial charge in [0.25, 0.3) is 13.4 Å². The van der Waals surface area contributed by atoms with Gasteiger partial charge < -0.3 is 54.5 Å². The third-order valence-corrected chi connectivity index (χ3v) is 9.84. The number of aromatic amines is 1. The molecule has 242 valence electrons. The van der Waals surface area contributed by atoms with Crippen LogP contribution in [0.1, 0.15) is 12.5 Å². The number of aromatic nitrogens is 8. The quantitative estimate of drug-likeness (QED) is 0.115. The van der Waals surface area contributed by atoms with Crippen molar-refractivity contribution in [3.05, 3.63) is 29.3 Å². The van der Waals surface area contributed by atoms with Gasteiger partial charge in [-0.15, -0.1) is 0 Å². The first-order valence-electron chi connectivity index (χ1n) is 12.9. The maximum absolute atomic E-state index is 13.1. The van der Waals surface area contributed by atoms with E-state index in [1.807, 2.05) is 0 Å². The lowest BCUT2D eigenvalue weighted by Gasteiger charge is -2.31. The summed E-state index contributed by atoms with van der Waals surface area (Å²) in [5.41, 5.74) is 11.0. The second-order valence-corrected chi connectivity index (χ2v) is 14.3. The highest BCUT2D eigenvalue weighted by Crippen LogP contribution is 2.52. The fourth-order valence-electron chi connectivity index (χ4n) is 5.29. The molecule has 4 aromatic rings. The molecule has 4 unspecified atom stereocenters. The molecular weight excluding hydrogens is 666 g/mol. The summed E-state index contributed by atoms with van der Waals surface area (Å²) in [5, 5.41) is 22.2. The molecule has 0 spiro atoms. The fraction of sp³-hybridized carbons (Fsp3) is 0.500. The Kier molecular flexibility index (Phi) is 7.52. The molecule has 8 N–H and O–H groups in total. The summed E-state index contributed by atoms with van der Waals surface area (Å²) < 4.78 is 48.7. The van der Waals surface area contributed by atoms with Crippen LogP contribution in [0.25, 0.3) is 22.3 Å². The average molecular weight is 689 g/mol. The zero-order valence-corrected chi connectivity index (χ0v) is 25.0. The molecule has 0 saturated carbocycles. The molecule has 2 bridgehead atoms. The van der Waals surface area contributed by atoms with Gasteiger partial charge in [-0.2, -0.15) is 4.98 Å². The molecule has 10 atom stereocenters. The van der Waals surface area contributed by atoms with Gasteiger partial charge in [0.05, 0.1) is 25.9 Å². The number of H-pyrrole nitrogens is 1. The molecule has 3 aliphatic rings. The minimum absolute atomic E-state index is 0.0594. The molecule has 45 heavy (non-hydrogen) atoms. The van der Waals surface area contributed by atoms with E-state index in [1.165, 1.54) is 17.2 Å². The number of nitrogens with one attached hydrogen (secondary N) is 1. The van der Waals surface area contributed by atoms with E-state index < -0.39 is 82.4 Å². The topological polar surface area (TPSA) is 315 Å². The van der Waals surface area contributed by atoms with Crippen molar-refractivity contribution in [2.24, 2.45) is 0 Å². The van der Waals surface area contributed by atoms with Crippen LogP contribution in [0.15, 0.2) is 23.8 Å². The molecular formula is C20H23N10O12P2S-. The largest absolute Gasteiger partial charge is 0.756 e. The summed E-state index contributed by atoms with van der Waals surface area (Å²) in [6.45, 7) is -5.68. The monoisotopic (exact) mass is 689 g/mol. The normalized spacial score (nSPS) is 37.7. The van der Waals surface area contributed by atoms with E-state index >= 15 is 0 Å². The molecule has 0 aliphatic carbocycles. The van der Waals surface area contributed by atoms with Crippen LogP contribution in [-0.2, 0) is 43.9 Å². The second kappa shape index (κ2) is 11.1. The number of nitrogen functional groups attached to an aromatic ring is 2. The summed E-state index contributed by atoms with van der Waals surface area (Å²) in [4.78, 5) is 58.7. The van der Waals surface area contributed by atoms with Crippen LogP contribution in [0.3, 0.4) is 0 Å². The first-order valence-corrected chi connectivity index (χ1v) is 17.0. The molecule has 22 nitrogen and oxygen atoms in total. The molecule has 3 aliphatic heterocycles. The van der Waals surface area contributed by atoms with Crippen LogP contribution < -0.4 is 21.9 Å². The van der Waals surface area contributed by atoms with Gasteiger partial charge in [0.15, 0.2) is 35.1 Å². The van der Waals surface area contributed by atoms with Crippen molar-refractivity contribution in [2.75, 3.05) is 24.7 Å². The van der Waals surface area contributed by atoms with E-state index in [0.29, 0.717) is 0 Å². The van der Waals surface area contributed by atoms with E-state index in [2.05, 4.69) is 29.9 Å². The lowest BCUT2D eigenvalue weighted by atomic mass is 10.1. The lowest BCUT2D eigenvalue weighted by molar-refractivity contribution is -0.237. The number of ether oxygens (including phenoxy) is 2. The van der Waals surface area contributed by atoms with E-state index in [4.69, 9.17) is 50.8 Å². The number of phosphoric acid groups is 1. The number of fused-ring (bicyclic) bond motifs is 5. The highest BCUT2D eigenvalue weighted by Gasteiger charge is 2.52. The average Bonchev–Trinajstić information content (AvgIpc) is 3.72. The van der Waals surface area contributed by atoms with E-state index in [0.717, 1.165) is 10.9 Å². The van der Waals surface area contributed by atoms with Gasteiger partial charge in [0.1, 0.15) is 48.5 Å². The summed E-state index contributed by atoms with van der Waals surface area (Å²) in [6.07, 6.45) is -8.47. The van der Waals surface area contributed by atoms with Crippen molar-refractivity contribution in [1.29, 1.82) is 0 Å². The van der Waals surface area contributed by atoms with Crippen molar-refractivity contribution in [3.8, 4) is 0 Å². The number of aliphatic hydroxyl groups is 2. The molecule has 3 saturated heterocycles. The van der Waals surface area contributed by atoms with Gasteiger partial charge >= 0.3 is 6.72 Å². The molecule has 0 radical (unpaired) electrons. The maximum atomic E-state index is 13.1. The first kappa shape index (κ1) is 30.6. The predicted octanol–water partition coefficient (Wildman–Crippen LogP) is -2.86. The fourth-order valence-corrected chi connectivity index (χ4v) is 7.65. The summed E-state index contributed by atoms with van der Waals surface area (Å²) in [7, 11) is -5.31. The van der Waals surface area contributed by atoms with Gasteiger partial charge in [-0.25, -0.2) is 19.9 Å². The molecule has 0 amide bonds. The minimum atomic E-state index is -5.31. The van der Waals surface area contributed by atoms with Crippen LogP contribution in [0.5, 0.6) is 0 Å². The van der Waals surface area contributed by atoms with Gasteiger partial charge in [0.2, 0.25) is 5.95 Å². The number of aliphatic hydroxyl groups excluding tert-OH is 2. The zero-order valence-electron chi connectivity index (χ0n) is 22.4. The van der Waals surface area contributed by atoms with Crippen molar-refractivity contribution in [3.63, 3.8) is 0 Å². The molecule has 0 aromatic carbocycles. The first-order chi connectivity index (χ1) is 21.3. The molecule has 7 heterocycles. The van der Waals surface area contributed by atoms with Crippen molar-refractivity contribution >= 4 is 60.4 Å². The Hall–Kier alpha value is -3.02. The highest BCUT2D eigenvalue weighted by molar-refractivity contribution is 8.07. The Bertz CT molecular complexity index is 1940.